The Labute approximate surface area is 150 Å². The number of halogens is 1. The number of carbonyl (C=O) groups is 1. The van der Waals surface area contributed by atoms with Crippen LogP contribution in [0.1, 0.15) is 30.3 Å². The minimum absolute atomic E-state index is 0.0896. The van der Waals surface area contributed by atoms with Crippen LogP contribution in [0.5, 0.6) is 0 Å². The van der Waals surface area contributed by atoms with Crippen LogP contribution in [-0.4, -0.2) is 10.5 Å². The number of aromatic nitrogens is 1. The summed E-state index contributed by atoms with van der Waals surface area (Å²) in [6.07, 6.45) is 2.69. The maximum absolute atomic E-state index is 12.4. The van der Waals surface area contributed by atoms with Crippen molar-refractivity contribution in [3.8, 4) is 6.07 Å². The third-order valence-corrected chi connectivity index (χ3v) is 4.30. The molecule has 0 aliphatic carbocycles. The maximum Gasteiger partial charge on any atom is 0.266 e. The molecule has 1 N–H and O–H groups in total. The molecular weight excluding hydrogens is 366 g/mol. The topological polar surface area (TPSA) is 57.8 Å². The average Bonchev–Trinajstić information content (AvgIpc) is 2.80. The lowest BCUT2D eigenvalue weighted by Crippen LogP contribution is -2.13. The van der Waals surface area contributed by atoms with E-state index in [1.165, 1.54) is 0 Å². The Hall–Kier alpha value is -2.32. The maximum atomic E-state index is 12.4. The van der Waals surface area contributed by atoms with Crippen LogP contribution in [0.25, 0.3) is 6.08 Å². The Morgan fingerprint density at radius 2 is 2.12 bits per heavy atom. The predicted octanol–water partition coefficient (Wildman–Crippen LogP) is 4.82. The number of nitrogens with one attached hydrogen (secondary N) is 1. The highest BCUT2D eigenvalue weighted by Gasteiger charge is 2.13. The summed E-state index contributed by atoms with van der Waals surface area (Å²) in [7, 11) is 0. The van der Waals surface area contributed by atoms with E-state index in [1.807, 2.05) is 38.1 Å². The number of benzene rings is 1. The van der Waals surface area contributed by atoms with Crippen LogP contribution >= 0.6 is 15.9 Å². The van der Waals surface area contributed by atoms with Crippen LogP contribution in [-0.2, 0) is 11.3 Å². The molecule has 0 fully saturated rings. The van der Waals surface area contributed by atoms with Gasteiger partial charge in [-0.25, -0.2) is 0 Å². The van der Waals surface area contributed by atoms with Gasteiger partial charge in [-0.2, -0.15) is 5.26 Å². The highest BCUT2D eigenvalue weighted by atomic mass is 79.9. The van der Waals surface area contributed by atoms with Gasteiger partial charge in [-0.05, 0) is 56.2 Å². The van der Waals surface area contributed by atoms with Crippen molar-refractivity contribution in [2.75, 3.05) is 5.32 Å². The normalized spacial score (nSPS) is 11.2. The quantitative estimate of drug-likeness (QED) is 0.592. The summed E-state index contributed by atoms with van der Waals surface area (Å²) in [4.78, 5) is 12.4. The zero-order valence-electron chi connectivity index (χ0n) is 14.1. The monoisotopic (exact) mass is 385 g/mol. The zero-order chi connectivity index (χ0) is 17.7. The van der Waals surface area contributed by atoms with Gasteiger partial charge in [0.05, 0.1) is 0 Å². The number of nitriles is 1. The molecule has 0 saturated carbocycles. The average molecular weight is 386 g/mol. The van der Waals surface area contributed by atoms with E-state index < -0.39 is 5.91 Å². The molecule has 0 bridgehead atoms. The van der Waals surface area contributed by atoms with Crippen LogP contribution < -0.4 is 5.32 Å². The number of carbonyl (C=O) groups excluding carboxylic acids is 1. The fraction of sp³-hybridized carbons (Fsp3) is 0.263. The minimum atomic E-state index is -0.407. The zero-order valence-corrected chi connectivity index (χ0v) is 15.6. The highest BCUT2D eigenvalue weighted by Crippen LogP contribution is 2.20. The summed E-state index contributed by atoms with van der Waals surface area (Å²) in [6, 6.07) is 11.3. The fourth-order valence-electron chi connectivity index (χ4n) is 2.61. The number of amides is 1. The van der Waals surface area contributed by atoms with Crippen LogP contribution in [0, 0.1) is 25.2 Å². The molecule has 0 unspecified atom stereocenters. The first-order valence-corrected chi connectivity index (χ1v) is 8.61. The van der Waals surface area contributed by atoms with Gasteiger partial charge in [-0.3, -0.25) is 4.79 Å². The Balaban J connectivity index is 2.28. The highest BCUT2D eigenvalue weighted by molar-refractivity contribution is 9.10. The summed E-state index contributed by atoms with van der Waals surface area (Å²) in [6.45, 7) is 7.10. The number of aryl methyl sites for hydroxylation is 1. The summed E-state index contributed by atoms with van der Waals surface area (Å²) < 4.78 is 3.07. The van der Waals surface area contributed by atoms with Crippen molar-refractivity contribution in [2.45, 2.75) is 33.7 Å². The molecule has 0 saturated heterocycles. The summed E-state index contributed by atoms with van der Waals surface area (Å²) >= 11 is 3.36. The lowest BCUT2D eigenvalue weighted by Gasteiger charge is -2.07. The van der Waals surface area contributed by atoms with E-state index in [0.29, 0.717) is 5.69 Å². The Kier molecular flexibility index (Phi) is 5.99. The standard InChI is InChI=1S/C19H20BrN3O/c1-4-8-23-13(2)9-15(14(23)3)10-16(12-21)19(24)22-18-7-5-6-17(20)11-18/h5-7,9-11H,4,8H2,1-3H3,(H,22,24)/b16-10+. The molecule has 24 heavy (non-hydrogen) atoms. The molecular formula is C19H20BrN3O. The number of anilines is 1. The molecule has 4 nitrogen and oxygen atoms in total. The van der Waals surface area contributed by atoms with Crippen LogP contribution in [0.4, 0.5) is 5.69 Å². The largest absolute Gasteiger partial charge is 0.349 e. The summed E-state index contributed by atoms with van der Waals surface area (Å²) in [5.74, 6) is -0.407. The van der Waals surface area contributed by atoms with Gasteiger partial charge in [0.25, 0.3) is 5.91 Å². The second-order valence-electron chi connectivity index (χ2n) is 5.61. The van der Waals surface area contributed by atoms with E-state index in [9.17, 15) is 10.1 Å². The molecule has 1 amide bonds. The van der Waals surface area contributed by atoms with E-state index in [2.05, 4.69) is 32.7 Å². The SMILES string of the molecule is CCCn1c(C)cc(/C=C(\C#N)C(=O)Nc2cccc(Br)c2)c1C. The second-order valence-corrected chi connectivity index (χ2v) is 6.53. The van der Waals surface area contributed by atoms with Gasteiger partial charge < -0.3 is 9.88 Å². The Bertz CT molecular complexity index is 828. The molecule has 0 spiro atoms. The molecule has 2 rings (SSSR count). The number of rotatable bonds is 5. The molecule has 0 radical (unpaired) electrons. The third-order valence-electron chi connectivity index (χ3n) is 3.81. The van der Waals surface area contributed by atoms with Gasteiger partial charge in [0.2, 0.25) is 0 Å². The lowest BCUT2D eigenvalue weighted by molar-refractivity contribution is -0.112. The van der Waals surface area contributed by atoms with Crippen LogP contribution in [0.15, 0.2) is 40.4 Å². The second kappa shape index (κ2) is 7.98. The third kappa shape index (κ3) is 4.15. The van der Waals surface area contributed by atoms with Gasteiger partial charge in [0.15, 0.2) is 0 Å². The first-order valence-electron chi connectivity index (χ1n) is 7.81. The van der Waals surface area contributed by atoms with E-state index in [1.54, 1.807) is 18.2 Å². The number of nitrogens with zero attached hydrogens (tertiary/aromatic N) is 2. The van der Waals surface area contributed by atoms with Crippen molar-refractivity contribution < 1.29 is 4.79 Å². The lowest BCUT2D eigenvalue weighted by atomic mass is 10.1. The van der Waals surface area contributed by atoms with Gasteiger partial charge >= 0.3 is 0 Å². The van der Waals surface area contributed by atoms with Gasteiger partial charge in [-0.15, -0.1) is 0 Å². The summed E-state index contributed by atoms with van der Waals surface area (Å²) in [5, 5.41) is 12.1. The molecule has 1 aromatic heterocycles. The van der Waals surface area contributed by atoms with Crippen LogP contribution in [0.2, 0.25) is 0 Å². The molecule has 5 heteroatoms. The molecule has 2 aromatic rings. The fourth-order valence-corrected chi connectivity index (χ4v) is 3.01. The molecule has 1 heterocycles. The van der Waals surface area contributed by atoms with Crippen molar-refractivity contribution in [1.29, 1.82) is 5.26 Å². The molecule has 1 aromatic carbocycles. The molecule has 0 atom stereocenters. The van der Waals surface area contributed by atoms with Crippen molar-refractivity contribution in [3.05, 3.63) is 57.3 Å². The van der Waals surface area contributed by atoms with E-state index in [4.69, 9.17) is 0 Å². The van der Waals surface area contributed by atoms with E-state index in [-0.39, 0.29) is 5.57 Å². The van der Waals surface area contributed by atoms with Crippen LogP contribution in [0.3, 0.4) is 0 Å². The van der Waals surface area contributed by atoms with E-state index in [0.717, 1.165) is 34.4 Å². The van der Waals surface area contributed by atoms with Crippen molar-refractivity contribution in [2.24, 2.45) is 0 Å². The number of hydrogen-bond acceptors (Lipinski definition) is 2. The van der Waals surface area contributed by atoms with Crippen molar-refractivity contribution in [1.82, 2.24) is 4.57 Å². The smallest absolute Gasteiger partial charge is 0.266 e. The van der Waals surface area contributed by atoms with Crippen molar-refractivity contribution in [3.63, 3.8) is 0 Å². The Morgan fingerprint density at radius 3 is 2.75 bits per heavy atom. The Morgan fingerprint density at radius 1 is 1.38 bits per heavy atom. The predicted molar refractivity (Wildman–Crippen MR) is 101 cm³/mol. The van der Waals surface area contributed by atoms with Gasteiger partial charge in [-0.1, -0.05) is 28.9 Å². The summed E-state index contributed by atoms with van der Waals surface area (Å²) in [5.41, 5.74) is 3.84. The van der Waals surface area contributed by atoms with E-state index >= 15 is 0 Å². The molecule has 0 aliphatic heterocycles. The molecule has 124 valence electrons. The first kappa shape index (κ1) is 18.0. The molecule has 0 aliphatic rings. The minimum Gasteiger partial charge on any atom is -0.349 e. The first-order chi connectivity index (χ1) is 11.5. The van der Waals surface area contributed by atoms with Gasteiger partial charge in [0.1, 0.15) is 11.6 Å². The number of hydrogen-bond donors (Lipinski definition) is 1. The van der Waals surface area contributed by atoms with Crippen molar-refractivity contribution >= 4 is 33.6 Å². The van der Waals surface area contributed by atoms with Gasteiger partial charge in [0, 0.05) is 28.1 Å².